The summed E-state index contributed by atoms with van der Waals surface area (Å²) >= 11 is 0. The van der Waals surface area contributed by atoms with Gasteiger partial charge >= 0.3 is 0 Å². The summed E-state index contributed by atoms with van der Waals surface area (Å²) in [4.78, 5) is 10.7. The van der Waals surface area contributed by atoms with Gasteiger partial charge in [-0.05, 0) is 19.5 Å². The number of hydroxylamine groups is 1. The molecule has 58 valence electrons. The van der Waals surface area contributed by atoms with Crippen molar-refractivity contribution in [3.63, 3.8) is 0 Å². The van der Waals surface area contributed by atoms with Crippen molar-refractivity contribution in [2.24, 2.45) is 0 Å². The van der Waals surface area contributed by atoms with Crippen LogP contribution in [0.25, 0.3) is 0 Å². The number of hydrogen-bond acceptors (Lipinski definition) is 4. The standard InChI is InChI=1S/C5H11N3O2/c9-5(8-10)4-6-2-1-3-7-4/h4,6-7,10H,1-3H2,(H,8,9). The van der Waals surface area contributed by atoms with Crippen molar-refractivity contribution in [2.75, 3.05) is 13.1 Å². The van der Waals surface area contributed by atoms with Gasteiger partial charge < -0.3 is 0 Å². The lowest BCUT2D eigenvalue weighted by Crippen LogP contribution is -2.56. The van der Waals surface area contributed by atoms with Gasteiger partial charge in [-0.1, -0.05) is 0 Å². The molecule has 0 atom stereocenters. The summed E-state index contributed by atoms with van der Waals surface area (Å²) in [5, 5.41) is 14.0. The molecular formula is C5H11N3O2. The molecule has 1 rings (SSSR count). The van der Waals surface area contributed by atoms with Crippen LogP contribution in [-0.4, -0.2) is 30.4 Å². The molecule has 1 saturated heterocycles. The van der Waals surface area contributed by atoms with E-state index in [1.807, 2.05) is 0 Å². The summed E-state index contributed by atoms with van der Waals surface area (Å²) in [5.74, 6) is -0.431. The Morgan fingerprint density at radius 2 is 2.10 bits per heavy atom. The molecule has 0 aromatic heterocycles. The second-order valence-corrected chi connectivity index (χ2v) is 2.17. The SMILES string of the molecule is O=C(NO)C1NCCCN1. The Kier molecular flexibility index (Phi) is 2.61. The van der Waals surface area contributed by atoms with E-state index in [1.54, 1.807) is 5.48 Å². The molecule has 0 aromatic carbocycles. The number of nitrogens with one attached hydrogen (secondary N) is 3. The highest BCUT2D eigenvalue weighted by atomic mass is 16.5. The second-order valence-electron chi connectivity index (χ2n) is 2.17. The van der Waals surface area contributed by atoms with Crippen LogP contribution in [0.2, 0.25) is 0 Å². The molecule has 5 heteroatoms. The first-order chi connectivity index (χ1) is 4.84. The highest BCUT2D eigenvalue weighted by molar-refractivity contribution is 5.80. The topological polar surface area (TPSA) is 73.4 Å². The van der Waals surface area contributed by atoms with E-state index in [-0.39, 0.29) is 0 Å². The highest BCUT2D eigenvalue weighted by Crippen LogP contribution is 1.87. The maximum atomic E-state index is 10.7. The quantitative estimate of drug-likeness (QED) is 0.265. The van der Waals surface area contributed by atoms with Crippen LogP contribution in [0.15, 0.2) is 0 Å². The van der Waals surface area contributed by atoms with Gasteiger partial charge in [0, 0.05) is 0 Å². The molecular weight excluding hydrogens is 134 g/mol. The Labute approximate surface area is 58.8 Å². The van der Waals surface area contributed by atoms with Crippen LogP contribution in [-0.2, 0) is 4.79 Å². The molecule has 1 fully saturated rings. The minimum atomic E-state index is -0.432. The average molecular weight is 145 g/mol. The van der Waals surface area contributed by atoms with Gasteiger partial charge in [-0.15, -0.1) is 0 Å². The largest absolute Gasteiger partial charge is 0.294 e. The van der Waals surface area contributed by atoms with Crippen molar-refractivity contribution in [1.29, 1.82) is 0 Å². The molecule has 0 unspecified atom stereocenters. The Morgan fingerprint density at radius 3 is 2.60 bits per heavy atom. The Balaban J connectivity index is 2.31. The zero-order valence-electron chi connectivity index (χ0n) is 5.55. The van der Waals surface area contributed by atoms with Gasteiger partial charge in [0.15, 0.2) is 0 Å². The first kappa shape index (κ1) is 7.46. The van der Waals surface area contributed by atoms with Crippen molar-refractivity contribution in [2.45, 2.75) is 12.6 Å². The lowest BCUT2D eigenvalue weighted by Gasteiger charge is -2.22. The maximum absolute atomic E-state index is 10.7. The first-order valence-corrected chi connectivity index (χ1v) is 3.25. The van der Waals surface area contributed by atoms with Crippen LogP contribution >= 0.6 is 0 Å². The van der Waals surface area contributed by atoms with E-state index < -0.39 is 12.1 Å². The fourth-order valence-electron chi connectivity index (χ4n) is 0.903. The maximum Gasteiger partial charge on any atom is 0.275 e. The smallest absolute Gasteiger partial charge is 0.275 e. The van der Waals surface area contributed by atoms with Crippen LogP contribution in [0.3, 0.4) is 0 Å². The second kappa shape index (κ2) is 3.50. The monoisotopic (exact) mass is 145 g/mol. The molecule has 0 aliphatic carbocycles. The molecule has 10 heavy (non-hydrogen) atoms. The molecule has 1 aliphatic rings. The van der Waals surface area contributed by atoms with E-state index in [0.29, 0.717) is 0 Å². The van der Waals surface area contributed by atoms with E-state index in [9.17, 15) is 4.79 Å². The summed E-state index contributed by atoms with van der Waals surface area (Å²) in [6, 6.07) is 0. The van der Waals surface area contributed by atoms with Crippen LogP contribution < -0.4 is 16.1 Å². The van der Waals surface area contributed by atoms with Crippen LogP contribution in [0.4, 0.5) is 0 Å². The minimum absolute atomic E-state index is 0.431. The number of amides is 1. The third-order valence-corrected chi connectivity index (χ3v) is 1.42. The summed E-state index contributed by atoms with van der Waals surface area (Å²) < 4.78 is 0. The van der Waals surface area contributed by atoms with Crippen molar-refractivity contribution in [3.05, 3.63) is 0 Å². The minimum Gasteiger partial charge on any atom is -0.294 e. The molecule has 0 bridgehead atoms. The number of hydrogen-bond donors (Lipinski definition) is 4. The summed E-state index contributed by atoms with van der Waals surface area (Å²) in [6.07, 6.45) is 0.577. The van der Waals surface area contributed by atoms with E-state index in [1.165, 1.54) is 0 Å². The van der Waals surface area contributed by atoms with E-state index >= 15 is 0 Å². The van der Waals surface area contributed by atoms with E-state index in [2.05, 4.69) is 10.6 Å². The first-order valence-electron chi connectivity index (χ1n) is 3.25. The van der Waals surface area contributed by atoms with Gasteiger partial charge in [-0.25, -0.2) is 5.48 Å². The summed E-state index contributed by atoms with van der Waals surface area (Å²) in [7, 11) is 0. The fraction of sp³-hybridized carbons (Fsp3) is 0.800. The van der Waals surface area contributed by atoms with Crippen molar-refractivity contribution < 1.29 is 10.0 Å². The molecule has 0 radical (unpaired) electrons. The summed E-state index contributed by atoms with van der Waals surface area (Å²) in [6.45, 7) is 1.62. The average Bonchev–Trinajstić information content (AvgIpc) is 2.05. The van der Waals surface area contributed by atoms with Gasteiger partial charge in [0.25, 0.3) is 5.91 Å². The number of carbonyl (C=O) groups is 1. The lowest BCUT2D eigenvalue weighted by molar-refractivity contribution is -0.132. The number of carbonyl (C=O) groups excluding carboxylic acids is 1. The molecule has 0 spiro atoms. The van der Waals surface area contributed by atoms with Gasteiger partial charge in [-0.2, -0.15) is 0 Å². The summed E-state index contributed by atoms with van der Waals surface area (Å²) in [5.41, 5.74) is 1.57. The van der Waals surface area contributed by atoms with Crippen molar-refractivity contribution >= 4 is 5.91 Å². The Hall–Kier alpha value is -0.650. The predicted molar refractivity (Wildman–Crippen MR) is 34.3 cm³/mol. The van der Waals surface area contributed by atoms with Crippen LogP contribution in [0, 0.1) is 0 Å². The molecule has 0 aromatic rings. The van der Waals surface area contributed by atoms with Crippen molar-refractivity contribution in [1.82, 2.24) is 16.1 Å². The van der Waals surface area contributed by atoms with Gasteiger partial charge in [0.05, 0.1) is 0 Å². The molecule has 1 amide bonds. The van der Waals surface area contributed by atoms with Gasteiger partial charge in [0.2, 0.25) is 0 Å². The van der Waals surface area contributed by atoms with E-state index in [0.717, 1.165) is 19.5 Å². The normalized spacial score (nSPS) is 20.5. The molecule has 1 aliphatic heterocycles. The van der Waals surface area contributed by atoms with Gasteiger partial charge in [0.1, 0.15) is 6.17 Å². The molecule has 1 heterocycles. The Bertz CT molecular complexity index is 122. The van der Waals surface area contributed by atoms with Gasteiger partial charge in [-0.3, -0.25) is 20.6 Å². The fourth-order valence-corrected chi connectivity index (χ4v) is 0.903. The van der Waals surface area contributed by atoms with E-state index in [4.69, 9.17) is 5.21 Å². The lowest BCUT2D eigenvalue weighted by atomic mass is 10.3. The van der Waals surface area contributed by atoms with Crippen LogP contribution in [0.5, 0.6) is 0 Å². The predicted octanol–water partition coefficient (Wildman–Crippen LogP) is -1.60. The number of rotatable bonds is 1. The highest BCUT2D eigenvalue weighted by Gasteiger charge is 2.18. The molecule has 0 saturated carbocycles. The molecule has 4 N–H and O–H groups in total. The third-order valence-electron chi connectivity index (χ3n) is 1.42. The third kappa shape index (κ3) is 1.66. The van der Waals surface area contributed by atoms with Crippen molar-refractivity contribution in [3.8, 4) is 0 Å². The Morgan fingerprint density at radius 1 is 1.50 bits per heavy atom. The van der Waals surface area contributed by atoms with Crippen LogP contribution in [0.1, 0.15) is 6.42 Å². The zero-order chi connectivity index (χ0) is 7.40. The molecule has 5 nitrogen and oxygen atoms in total. The zero-order valence-corrected chi connectivity index (χ0v) is 5.55.